The van der Waals surface area contributed by atoms with Gasteiger partial charge < -0.3 is 5.73 Å². The van der Waals surface area contributed by atoms with E-state index in [0.29, 0.717) is 11.3 Å². The maximum Gasteiger partial charge on any atom is 0.270 e. The van der Waals surface area contributed by atoms with Gasteiger partial charge in [0.2, 0.25) is 0 Å². The van der Waals surface area contributed by atoms with Gasteiger partial charge in [0.1, 0.15) is 0 Å². The molecule has 0 radical (unpaired) electrons. The zero-order chi connectivity index (χ0) is 11.6. The Kier molecular flexibility index (Phi) is 3.00. The van der Waals surface area contributed by atoms with Gasteiger partial charge in [0.15, 0.2) is 0 Å². The van der Waals surface area contributed by atoms with E-state index in [9.17, 15) is 4.79 Å². The monoisotopic (exact) mass is 207 g/mol. The van der Waals surface area contributed by atoms with Gasteiger partial charge in [-0.15, -0.1) is 0 Å². The molecule has 15 heavy (non-hydrogen) atoms. The van der Waals surface area contributed by atoms with Crippen LogP contribution in [-0.4, -0.2) is 16.5 Å². The van der Waals surface area contributed by atoms with E-state index in [-0.39, 0.29) is 5.91 Å². The van der Waals surface area contributed by atoms with Gasteiger partial charge in [-0.3, -0.25) is 9.80 Å². The van der Waals surface area contributed by atoms with Crippen LogP contribution in [0.1, 0.15) is 31.1 Å². The van der Waals surface area contributed by atoms with Crippen molar-refractivity contribution in [3.63, 3.8) is 0 Å². The first-order valence-corrected chi connectivity index (χ1v) is 4.78. The summed E-state index contributed by atoms with van der Waals surface area (Å²) in [5.41, 5.74) is 6.17. The van der Waals surface area contributed by atoms with Crippen molar-refractivity contribution < 1.29 is 4.79 Å². The third-order valence-electron chi connectivity index (χ3n) is 2.13. The summed E-state index contributed by atoms with van der Waals surface area (Å²) in [6.07, 6.45) is 0. The lowest BCUT2D eigenvalue weighted by Gasteiger charge is -2.31. The molecule has 0 heterocycles. The van der Waals surface area contributed by atoms with E-state index in [1.165, 1.54) is 5.01 Å². The lowest BCUT2D eigenvalue weighted by Crippen LogP contribution is -2.50. The quantitative estimate of drug-likeness (QED) is 0.316. The molecule has 0 unspecified atom stereocenters. The number of nitrogens with zero attached hydrogens (tertiary/aromatic N) is 1. The van der Waals surface area contributed by atoms with Crippen molar-refractivity contribution >= 4 is 11.6 Å². The summed E-state index contributed by atoms with van der Waals surface area (Å²) in [6, 6.07) is 6.90. The van der Waals surface area contributed by atoms with Crippen LogP contribution in [0.4, 0.5) is 5.69 Å². The molecule has 0 spiro atoms. The summed E-state index contributed by atoms with van der Waals surface area (Å²) < 4.78 is 0. The largest absolute Gasteiger partial charge is 0.398 e. The Bertz CT molecular complexity index is 368. The fraction of sp³-hybridized carbons (Fsp3) is 0.364. The molecule has 4 N–H and O–H groups in total. The molecule has 0 fully saturated rings. The minimum absolute atomic E-state index is 0.263. The molecule has 0 aliphatic heterocycles. The molecule has 0 aliphatic rings. The molecule has 1 amide bonds. The van der Waals surface area contributed by atoms with Crippen molar-refractivity contribution in [2.24, 2.45) is 5.84 Å². The van der Waals surface area contributed by atoms with Crippen molar-refractivity contribution in [2.45, 2.75) is 26.3 Å². The Balaban J connectivity index is 3.01. The molecule has 0 aliphatic carbocycles. The molecule has 1 aromatic rings. The van der Waals surface area contributed by atoms with E-state index < -0.39 is 5.54 Å². The van der Waals surface area contributed by atoms with Crippen LogP contribution in [0.5, 0.6) is 0 Å². The molecule has 1 rings (SSSR count). The molecule has 82 valence electrons. The molecule has 1 aromatic carbocycles. The highest BCUT2D eigenvalue weighted by atomic mass is 16.2. The lowest BCUT2D eigenvalue weighted by atomic mass is 10.1. The highest BCUT2D eigenvalue weighted by molar-refractivity contribution is 5.99. The first-order chi connectivity index (χ1) is 6.84. The average molecular weight is 207 g/mol. The number of nitrogens with two attached hydrogens (primary N) is 2. The van der Waals surface area contributed by atoms with Crippen molar-refractivity contribution in [1.82, 2.24) is 5.01 Å². The lowest BCUT2D eigenvalue weighted by molar-refractivity contribution is 0.0583. The van der Waals surface area contributed by atoms with E-state index in [0.717, 1.165) is 0 Å². The Morgan fingerprint density at radius 2 is 1.80 bits per heavy atom. The number of rotatable bonds is 1. The van der Waals surface area contributed by atoms with Gasteiger partial charge in [-0.2, -0.15) is 0 Å². The Morgan fingerprint density at radius 3 is 2.27 bits per heavy atom. The Hall–Kier alpha value is -1.55. The van der Waals surface area contributed by atoms with Crippen LogP contribution in [0, 0.1) is 0 Å². The summed E-state index contributed by atoms with van der Waals surface area (Å²) in [4.78, 5) is 11.9. The predicted molar refractivity (Wildman–Crippen MR) is 61.0 cm³/mol. The number of nitrogen functional groups attached to an aromatic ring is 1. The van der Waals surface area contributed by atoms with Gasteiger partial charge in [0, 0.05) is 5.69 Å². The van der Waals surface area contributed by atoms with Crippen LogP contribution in [0.3, 0.4) is 0 Å². The van der Waals surface area contributed by atoms with Crippen molar-refractivity contribution in [1.29, 1.82) is 0 Å². The second-order valence-corrected chi connectivity index (χ2v) is 4.43. The molecule has 0 saturated carbocycles. The van der Waals surface area contributed by atoms with Crippen molar-refractivity contribution in [2.75, 3.05) is 5.73 Å². The standard InChI is InChI=1S/C11H17N3O/c1-11(2,3)14(13)10(15)8-6-4-5-7-9(8)12/h4-7H,12-13H2,1-3H3. The Morgan fingerprint density at radius 1 is 1.27 bits per heavy atom. The van der Waals surface area contributed by atoms with Crippen LogP contribution in [-0.2, 0) is 0 Å². The number of hydrogen-bond donors (Lipinski definition) is 2. The van der Waals surface area contributed by atoms with Crippen molar-refractivity contribution in [3.05, 3.63) is 29.8 Å². The summed E-state index contributed by atoms with van der Waals surface area (Å²) in [6.45, 7) is 5.60. The van der Waals surface area contributed by atoms with Gasteiger partial charge in [-0.05, 0) is 32.9 Å². The zero-order valence-corrected chi connectivity index (χ0v) is 9.32. The van der Waals surface area contributed by atoms with Crippen LogP contribution in [0.15, 0.2) is 24.3 Å². The minimum atomic E-state index is -0.417. The first-order valence-electron chi connectivity index (χ1n) is 4.78. The first kappa shape index (κ1) is 11.5. The maximum atomic E-state index is 11.9. The summed E-state index contributed by atoms with van der Waals surface area (Å²) in [5.74, 6) is 5.46. The second-order valence-electron chi connectivity index (χ2n) is 4.43. The topological polar surface area (TPSA) is 72.3 Å². The number of anilines is 1. The SMILES string of the molecule is CC(C)(C)N(N)C(=O)c1ccccc1N. The number of hydrazine groups is 1. The molecule has 4 heteroatoms. The number of hydrogen-bond acceptors (Lipinski definition) is 3. The number of benzene rings is 1. The molecule has 0 aromatic heterocycles. The van der Waals surface area contributed by atoms with Gasteiger partial charge in [0.05, 0.1) is 11.1 Å². The van der Waals surface area contributed by atoms with Crippen LogP contribution in [0.2, 0.25) is 0 Å². The zero-order valence-electron chi connectivity index (χ0n) is 9.32. The van der Waals surface area contributed by atoms with E-state index in [2.05, 4.69) is 0 Å². The fourth-order valence-corrected chi connectivity index (χ4v) is 1.13. The molecular formula is C11H17N3O. The number of carbonyl (C=O) groups excluding carboxylic acids is 1. The van der Waals surface area contributed by atoms with E-state index in [1.807, 2.05) is 20.8 Å². The number of amides is 1. The van der Waals surface area contributed by atoms with Crippen LogP contribution >= 0.6 is 0 Å². The van der Waals surface area contributed by atoms with E-state index in [4.69, 9.17) is 11.6 Å². The van der Waals surface area contributed by atoms with Crippen LogP contribution in [0.25, 0.3) is 0 Å². The predicted octanol–water partition coefficient (Wildman–Crippen LogP) is 1.38. The number of para-hydroxylation sites is 1. The third-order valence-corrected chi connectivity index (χ3v) is 2.13. The smallest absolute Gasteiger partial charge is 0.270 e. The van der Waals surface area contributed by atoms with Gasteiger partial charge >= 0.3 is 0 Å². The van der Waals surface area contributed by atoms with E-state index in [1.54, 1.807) is 24.3 Å². The van der Waals surface area contributed by atoms with E-state index >= 15 is 0 Å². The van der Waals surface area contributed by atoms with Crippen molar-refractivity contribution in [3.8, 4) is 0 Å². The molecule has 0 atom stereocenters. The highest BCUT2D eigenvalue weighted by Crippen LogP contribution is 2.17. The highest BCUT2D eigenvalue weighted by Gasteiger charge is 2.25. The van der Waals surface area contributed by atoms with Crippen LogP contribution < -0.4 is 11.6 Å². The van der Waals surface area contributed by atoms with Gasteiger partial charge in [0.25, 0.3) is 5.91 Å². The number of carbonyl (C=O) groups is 1. The average Bonchev–Trinajstić information content (AvgIpc) is 2.15. The van der Waals surface area contributed by atoms with Gasteiger partial charge in [-0.25, -0.2) is 5.84 Å². The van der Waals surface area contributed by atoms with Gasteiger partial charge in [-0.1, -0.05) is 12.1 Å². The molecular weight excluding hydrogens is 190 g/mol. The third kappa shape index (κ3) is 2.47. The summed E-state index contributed by atoms with van der Waals surface area (Å²) in [5, 5.41) is 1.19. The fourth-order valence-electron chi connectivity index (χ4n) is 1.13. The molecule has 4 nitrogen and oxygen atoms in total. The molecule has 0 saturated heterocycles. The normalized spacial score (nSPS) is 11.2. The molecule has 0 bridgehead atoms. The maximum absolute atomic E-state index is 11.9. The summed E-state index contributed by atoms with van der Waals surface area (Å²) >= 11 is 0. The summed E-state index contributed by atoms with van der Waals surface area (Å²) in [7, 11) is 0. The Labute approximate surface area is 89.8 Å². The minimum Gasteiger partial charge on any atom is -0.398 e. The second kappa shape index (κ2) is 3.90.